The summed E-state index contributed by atoms with van der Waals surface area (Å²) in [5.74, 6) is 0.476. The third-order valence-electron chi connectivity index (χ3n) is 2.37. The summed E-state index contributed by atoms with van der Waals surface area (Å²) in [5.41, 5.74) is 7.19. The van der Waals surface area contributed by atoms with E-state index in [9.17, 15) is 4.79 Å². The molecule has 0 spiro atoms. The van der Waals surface area contributed by atoms with Crippen molar-refractivity contribution in [1.29, 1.82) is 0 Å². The Balaban J connectivity index is 1.77. The summed E-state index contributed by atoms with van der Waals surface area (Å²) in [6, 6.07) is 7.20. The molecule has 0 saturated carbocycles. The summed E-state index contributed by atoms with van der Waals surface area (Å²) in [7, 11) is 0. The molecule has 0 saturated heterocycles. The minimum absolute atomic E-state index is 0.121. The molecule has 5 nitrogen and oxygen atoms in total. The van der Waals surface area contributed by atoms with E-state index < -0.39 is 0 Å². The van der Waals surface area contributed by atoms with Gasteiger partial charge in [-0.2, -0.15) is 0 Å². The molecule has 3 N–H and O–H groups in total. The zero-order valence-electron chi connectivity index (χ0n) is 10.6. The van der Waals surface area contributed by atoms with Crippen LogP contribution < -0.4 is 15.8 Å². The normalized spacial score (nSPS) is 10.2. The number of aromatic nitrogens is 1. The number of nitrogens with two attached hydrogens (primary N) is 1. The molecule has 0 aliphatic rings. The van der Waals surface area contributed by atoms with Crippen LogP contribution in [-0.4, -0.2) is 17.5 Å². The number of aryl methyl sites for hydroxylation is 1. The van der Waals surface area contributed by atoms with Crippen LogP contribution in [0.3, 0.4) is 0 Å². The van der Waals surface area contributed by atoms with Crippen molar-refractivity contribution in [3.63, 3.8) is 0 Å². The smallest absolute Gasteiger partial charge is 0.229 e. The number of nitrogens with one attached hydrogen (secondary N) is 1. The number of carbonyl (C=O) groups is 1. The van der Waals surface area contributed by atoms with Crippen molar-refractivity contribution < 1.29 is 9.53 Å². The highest BCUT2D eigenvalue weighted by Gasteiger charge is 2.06. The monoisotopic (exact) mass is 277 g/mol. The highest BCUT2D eigenvalue weighted by atomic mass is 32.1. The summed E-state index contributed by atoms with van der Waals surface area (Å²) in [5, 5.41) is 5.22. The van der Waals surface area contributed by atoms with Crippen LogP contribution in [0.1, 0.15) is 12.1 Å². The molecule has 0 aliphatic carbocycles. The Labute approximate surface area is 115 Å². The molecule has 0 bridgehead atoms. The predicted octanol–water partition coefficient (Wildman–Crippen LogP) is 2.44. The van der Waals surface area contributed by atoms with Crippen LogP contribution >= 0.6 is 11.3 Å². The van der Waals surface area contributed by atoms with Gasteiger partial charge in [0.2, 0.25) is 5.91 Å². The Morgan fingerprint density at radius 2 is 2.26 bits per heavy atom. The first-order valence-electron chi connectivity index (χ1n) is 5.84. The van der Waals surface area contributed by atoms with Crippen LogP contribution in [-0.2, 0) is 4.79 Å². The maximum Gasteiger partial charge on any atom is 0.229 e. The third kappa shape index (κ3) is 3.96. The number of hydrogen-bond acceptors (Lipinski definition) is 5. The number of para-hydroxylation sites is 2. The van der Waals surface area contributed by atoms with E-state index in [-0.39, 0.29) is 18.9 Å². The Bertz CT molecular complexity index is 569. The molecule has 6 heteroatoms. The van der Waals surface area contributed by atoms with E-state index in [4.69, 9.17) is 10.5 Å². The highest BCUT2D eigenvalue weighted by molar-refractivity contribution is 7.13. The van der Waals surface area contributed by atoms with Crippen LogP contribution in [0, 0.1) is 6.92 Å². The fraction of sp³-hybridized carbons (Fsp3) is 0.231. The van der Waals surface area contributed by atoms with Crippen molar-refractivity contribution in [2.75, 3.05) is 17.7 Å². The van der Waals surface area contributed by atoms with Gasteiger partial charge in [-0.15, -0.1) is 11.3 Å². The van der Waals surface area contributed by atoms with E-state index in [1.54, 1.807) is 12.1 Å². The second-order valence-electron chi connectivity index (χ2n) is 3.98. The number of anilines is 2. The van der Waals surface area contributed by atoms with Crippen molar-refractivity contribution >= 4 is 28.1 Å². The number of nitrogen functional groups attached to an aromatic ring is 1. The number of ether oxygens (including phenoxy) is 1. The molecule has 0 radical (unpaired) electrons. The first kappa shape index (κ1) is 13.4. The lowest BCUT2D eigenvalue weighted by Crippen LogP contribution is -2.15. The summed E-state index contributed by atoms with van der Waals surface area (Å²) in [6.07, 6.45) is 0.257. The predicted molar refractivity (Wildman–Crippen MR) is 76.4 cm³/mol. The highest BCUT2D eigenvalue weighted by Crippen LogP contribution is 2.20. The molecular formula is C13H15N3O2S. The minimum Gasteiger partial charge on any atom is -0.491 e. The zero-order chi connectivity index (χ0) is 13.7. The number of thiazole rings is 1. The van der Waals surface area contributed by atoms with Crippen molar-refractivity contribution in [2.24, 2.45) is 0 Å². The van der Waals surface area contributed by atoms with Crippen molar-refractivity contribution in [3.05, 3.63) is 35.3 Å². The summed E-state index contributed by atoms with van der Waals surface area (Å²) in [6.45, 7) is 2.16. The van der Waals surface area contributed by atoms with E-state index in [0.29, 0.717) is 16.6 Å². The minimum atomic E-state index is -0.121. The molecule has 0 unspecified atom stereocenters. The maximum absolute atomic E-state index is 11.6. The molecule has 0 aliphatic heterocycles. The van der Waals surface area contributed by atoms with E-state index in [1.165, 1.54) is 11.3 Å². The second-order valence-corrected chi connectivity index (χ2v) is 4.84. The average molecular weight is 277 g/mol. The second kappa shape index (κ2) is 6.19. The molecule has 1 heterocycles. The largest absolute Gasteiger partial charge is 0.491 e. The Morgan fingerprint density at radius 1 is 1.47 bits per heavy atom. The molecular weight excluding hydrogens is 262 g/mol. The van der Waals surface area contributed by atoms with E-state index in [0.717, 1.165) is 5.69 Å². The van der Waals surface area contributed by atoms with Gasteiger partial charge in [0.15, 0.2) is 5.13 Å². The first-order valence-corrected chi connectivity index (χ1v) is 6.72. The van der Waals surface area contributed by atoms with Gasteiger partial charge in [-0.1, -0.05) is 12.1 Å². The van der Waals surface area contributed by atoms with E-state index in [1.807, 2.05) is 24.4 Å². The number of rotatable bonds is 5. The Kier molecular flexibility index (Phi) is 4.35. The molecule has 2 aromatic rings. The summed E-state index contributed by atoms with van der Waals surface area (Å²) < 4.78 is 5.45. The molecule has 0 atom stereocenters. The molecule has 100 valence electrons. The molecule has 19 heavy (non-hydrogen) atoms. The first-order chi connectivity index (χ1) is 9.15. The fourth-order valence-electron chi connectivity index (χ4n) is 1.46. The molecule has 2 rings (SSSR count). The molecule has 1 amide bonds. The lowest BCUT2D eigenvalue weighted by molar-refractivity contribution is -0.116. The fourth-order valence-corrected chi connectivity index (χ4v) is 2.16. The Hall–Kier alpha value is -2.08. The van der Waals surface area contributed by atoms with Crippen LogP contribution in [0.2, 0.25) is 0 Å². The van der Waals surface area contributed by atoms with Gasteiger partial charge in [-0.3, -0.25) is 4.79 Å². The topological polar surface area (TPSA) is 77.2 Å². The van der Waals surface area contributed by atoms with Crippen LogP contribution in [0.25, 0.3) is 0 Å². The molecule has 1 aromatic heterocycles. The summed E-state index contributed by atoms with van der Waals surface area (Å²) in [4.78, 5) is 15.8. The zero-order valence-corrected chi connectivity index (χ0v) is 11.4. The number of amides is 1. The van der Waals surface area contributed by atoms with Crippen LogP contribution in [0.4, 0.5) is 10.8 Å². The van der Waals surface area contributed by atoms with Gasteiger partial charge in [0.25, 0.3) is 0 Å². The van der Waals surface area contributed by atoms with Gasteiger partial charge in [-0.25, -0.2) is 4.98 Å². The van der Waals surface area contributed by atoms with Crippen molar-refractivity contribution in [2.45, 2.75) is 13.3 Å². The average Bonchev–Trinajstić information content (AvgIpc) is 2.77. The quantitative estimate of drug-likeness (QED) is 0.823. The molecule has 1 aromatic carbocycles. The molecule has 0 fully saturated rings. The standard InChI is InChI=1S/C13H15N3O2S/c1-9-8-19-13(15-9)16-12(17)6-7-18-11-5-3-2-4-10(11)14/h2-5,8H,6-7,14H2,1H3,(H,15,16,17). The van der Waals surface area contributed by atoms with Gasteiger partial charge in [0.1, 0.15) is 5.75 Å². The summed E-state index contributed by atoms with van der Waals surface area (Å²) >= 11 is 1.41. The van der Waals surface area contributed by atoms with Crippen LogP contribution in [0.15, 0.2) is 29.6 Å². The van der Waals surface area contributed by atoms with Gasteiger partial charge >= 0.3 is 0 Å². The van der Waals surface area contributed by atoms with Crippen molar-refractivity contribution in [3.8, 4) is 5.75 Å². The SMILES string of the molecule is Cc1csc(NC(=O)CCOc2ccccc2N)n1. The van der Waals surface area contributed by atoms with Crippen molar-refractivity contribution in [1.82, 2.24) is 4.98 Å². The number of benzene rings is 1. The number of nitrogens with zero attached hydrogens (tertiary/aromatic N) is 1. The van der Waals surface area contributed by atoms with Gasteiger partial charge in [0, 0.05) is 5.38 Å². The third-order valence-corrected chi connectivity index (χ3v) is 3.25. The van der Waals surface area contributed by atoms with E-state index >= 15 is 0 Å². The van der Waals surface area contributed by atoms with E-state index in [2.05, 4.69) is 10.3 Å². The number of carbonyl (C=O) groups excluding carboxylic acids is 1. The lowest BCUT2D eigenvalue weighted by Gasteiger charge is -2.07. The lowest BCUT2D eigenvalue weighted by atomic mass is 10.3. The van der Waals surface area contributed by atoms with Gasteiger partial charge in [0.05, 0.1) is 24.4 Å². The van der Waals surface area contributed by atoms with Gasteiger partial charge in [-0.05, 0) is 19.1 Å². The maximum atomic E-state index is 11.6. The Morgan fingerprint density at radius 3 is 2.95 bits per heavy atom. The van der Waals surface area contributed by atoms with Crippen LogP contribution in [0.5, 0.6) is 5.75 Å². The number of hydrogen-bond donors (Lipinski definition) is 2. The van der Waals surface area contributed by atoms with Gasteiger partial charge < -0.3 is 15.8 Å².